The van der Waals surface area contributed by atoms with Crippen molar-refractivity contribution in [2.75, 3.05) is 32.1 Å². The standard InChI is InChI=1S/C16H25N7O2S2/c1-17-15(26)21-19-13(24)8-10-23(12-6-4-3-5-7-12)11-9-14(25)20-22-16(27)18-2/h3-7H,8-11H2,1-2H3,(H,19,24)(H,20,25)(H2,17,21,26)(H2,18,22,27). The van der Waals surface area contributed by atoms with Crippen molar-refractivity contribution in [2.45, 2.75) is 12.8 Å². The molecule has 6 N–H and O–H groups in total. The van der Waals surface area contributed by atoms with Crippen LogP contribution in [0.2, 0.25) is 0 Å². The first-order valence-electron chi connectivity index (χ1n) is 8.29. The largest absolute Gasteiger partial charge is 0.370 e. The number of para-hydroxylation sites is 1. The smallest absolute Gasteiger partial charge is 0.240 e. The van der Waals surface area contributed by atoms with Crippen molar-refractivity contribution in [3.63, 3.8) is 0 Å². The van der Waals surface area contributed by atoms with E-state index in [-0.39, 0.29) is 24.7 Å². The summed E-state index contributed by atoms with van der Waals surface area (Å²) in [4.78, 5) is 25.9. The number of amides is 2. The number of carbonyl (C=O) groups is 2. The Labute approximate surface area is 169 Å². The van der Waals surface area contributed by atoms with Crippen molar-refractivity contribution in [3.05, 3.63) is 30.3 Å². The summed E-state index contributed by atoms with van der Waals surface area (Å²) in [5.74, 6) is -0.418. The Morgan fingerprint density at radius 3 is 1.67 bits per heavy atom. The van der Waals surface area contributed by atoms with Crippen molar-refractivity contribution in [2.24, 2.45) is 0 Å². The molecule has 0 heterocycles. The molecule has 0 fully saturated rings. The zero-order valence-electron chi connectivity index (χ0n) is 15.3. The zero-order chi connectivity index (χ0) is 20.1. The maximum absolute atomic E-state index is 11.9. The van der Waals surface area contributed by atoms with Crippen molar-refractivity contribution in [1.82, 2.24) is 32.3 Å². The van der Waals surface area contributed by atoms with Crippen LogP contribution in [-0.2, 0) is 9.59 Å². The highest BCUT2D eigenvalue weighted by Crippen LogP contribution is 2.14. The van der Waals surface area contributed by atoms with E-state index in [4.69, 9.17) is 24.4 Å². The lowest BCUT2D eigenvalue weighted by molar-refractivity contribution is -0.121. The first-order valence-corrected chi connectivity index (χ1v) is 9.11. The maximum Gasteiger partial charge on any atom is 0.240 e. The van der Waals surface area contributed by atoms with E-state index in [9.17, 15) is 9.59 Å². The van der Waals surface area contributed by atoms with Gasteiger partial charge in [-0.05, 0) is 36.6 Å². The fraction of sp³-hybridized carbons (Fsp3) is 0.375. The first kappa shape index (κ1) is 22.4. The van der Waals surface area contributed by atoms with Crippen LogP contribution in [0.5, 0.6) is 0 Å². The van der Waals surface area contributed by atoms with Crippen molar-refractivity contribution < 1.29 is 9.59 Å². The van der Waals surface area contributed by atoms with Crippen LogP contribution in [0.1, 0.15) is 12.8 Å². The van der Waals surface area contributed by atoms with Crippen molar-refractivity contribution in [1.29, 1.82) is 0 Å². The highest BCUT2D eigenvalue weighted by Gasteiger charge is 2.12. The Morgan fingerprint density at radius 1 is 0.815 bits per heavy atom. The fourth-order valence-corrected chi connectivity index (χ4v) is 2.09. The molecule has 0 spiro atoms. The van der Waals surface area contributed by atoms with Crippen LogP contribution in [0.15, 0.2) is 30.3 Å². The second-order valence-corrected chi connectivity index (χ2v) is 6.14. The summed E-state index contributed by atoms with van der Waals surface area (Å²) in [6, 6.07) is 9.58. The third-order valence-corrected chi connectivity index (χ3v) is 4.04. The summed E-state index contributed by atoms with van der Waals surface area (Å²) in [6.45, 7) is 0.888. The van der Waals surface area contributed by atoms with Gasteiger partial charge in [0.2, 0.25) is 11.8 Å². The highest BCUT2D eigenvalue weighted by molar-refractivity contribution is 7.80. The van der Waals surface area contributed by atoms with E-state index in [1.165, 1.54) is 0 Å². The van der Waals surface area contributed by atoms with E-state index in [2.05, 4.69) is 32.3 Å². The molecule has 0 unspecified atom stereocenters. The molecule has 0 saturated carbocycles. The molecule has 2 amide bonds. The fourth-order valence-electron chi connectivity index (χ4n) is 1.98. The predicted octanol–water partition coefficient (Wildman–Crippen LogP) is -0.477. The number of hydrogen-bond acceptors (Lipinski definition) is 5. The Morgan fingerprint density at radius 2 is 1.26 bits per heavy atom. The van der Waals surface area contributed by atoms with Gasteiger partial charge in [-0.25, -0.2) is 0 Å². The molecule has 0 atom stereocenters. The summed E-state index contributed by atoms with van der Waals surface area (Å²) in [7, 11) is 3.31. The van der Waals surface area contributed by atoms with Crippen molar-refractivity contribution >= 4 is 52.2 Å². The number of anilines is 1. The molecule has 0 saturated heterocycles. The lowest BCUT2D eigenvalue weighted by atomic mass is 10.2. The monoisotopic (exact) mass is 411 g/mol. The van der Waals surface area contributed by atoms with E-state index >= 15 is 0 Å². The molecule has 1 aromatic rings. The molecule has 0 aliphatic heterocycles. The molecule has 0 aromatic heterocycles. The molecule has 9 nitrogen and oxygen atoms in total. The molecule has 0 aliphatic rings. The summed E-state index contributed by atoms with van der Waals surface area (Å²) < 4.78 is 0. The van der Waals surface area contributed by atoms with Gasteiger partial charge in [0, 0.05) is 45.7 Å². The van der Waals surface area contributed by atoms with E-state index in [0.717, 1.165) is 5.69 Å². The highest BCUT2D eigenvalue weighted by atomic mass is 32.1. The predicted molar refractivity (Wildman–Crippen MR) is 114 cm³/mol. The zero-order valence-corrected chi connectivity index (χ0v) is 16.9. The molecule has 1 aromatic carbocycles. The normalized spacial score (nSPS) is 9.56. The Balaban J connectivity index is 2.54. The van der Waals surface area contributed by atoms with Crippen LogP contribution < -0.4 is 37.2 Å². The van der Waals surface area contributed by atoms with Gasteiger partial charge in [0.05, 0.1) is 0 Å². The minimum Gasteiger partial charge on any atom is -0.370 e. The number of benzene rings is 1. The van der Waals surface area contributed by atoms with Gasteiger partial charge >= 0.3 is 0 Å². The number of nitrogens with one attached hydrogen (secondary N) is 6. The number of hydrogen-bond donors (Lipinski definition) is 6. The van der Waals surface area contributed by atoms with Gasteiger partial charge in [0.25, 0.3) is 0 Å². The van der Waals surface area contributed by atoms with Gasteiger partial charge in [0.15, 0.2) is 10.2 Å². The Hall–Kier alpha value is -2.66. The van der Waals surface area contributed by atoms with E-state index < -0.39 is 0 Å². The van der Waals surface area contributed by atoms with E-state index in [0.29, 0.717) is 23.3 Å². The average molecular weight is 412 g/mol. The summed E-state index contributed by atoms with van der Waals surface area (Å²) >= 11 is 9.79. The number of thiocarbonyl (C=S) groups is 2. The molecule has 1 rings (SSSR count). The molecule has 0 radical (unpaired) electrons. The topological polar surface area (TPSA) is 110 Å². The molecular formula is C16H25N7O2S2. The number of carbonyl (C=O) groups excluding carboxylic acids is 2. The third-order valence-electron chi connectivity index (χ3n) is 3.42. The van der Waals surface area contributed by atoms with Gasteiger partial charge in [-0.3, -0.25) is 31.3 Å². The summed E-state index contributed by atoms with van der Waals surface area (Å²) in [5, 5.41) is 6.05. The van der Waals surface area contributed by atoms with Gasteiger partial charge in [-0.1, -0.05) is 18.2 Å². The molecule has 148 valence electrons. The minimum absolute atomic E-state index is 0.209. The van der Waals surface area contributed by atoms with Gasteiger partial charge in [-0.15, -0.1) is 0 Å². The lowest BCUT2D eigenvalue weighted by Crippen LogP contribution is -2.47. The third kappa shape index (κ3) is 9.56. The molecule has 11 heteroatoms. The van der Waals surface area contributed by atoms with Crippen molar-refractivity contribution in [3.8, 4) is 0 Å². The van der Waals surface area contributed by atoms with E-state index in [1.807, 2.05) is 35.2 Å². The van der Waals surface area contributed by atoms with E-state index in [1.54, 1.807) is 14.1 Å². The molecular weight excluding hydrogens is 386 g/mol. The maximum atomic E-state index is 11.9. The first-order chi connectivity index (χ1) is 13.0. The van der Waals surface area contributed by atoms with Gasteiger partial charge < -0.3 is 15.5 Å². The van der Waals surface area contributed by atoms with Gasteiger partial charge in [-0.2, -0.15) is 0 Å². The van der Waals surface area contributed by atoms with Crippen LogP contribution in [0.3, 0.4) is 0 Å². The Kier molecular flexibility index (Phi) is 10.5. The van der Waals surface area contributed by atoms with Crippen LogP contribution in [0.25, 0.3) is 0 Å². The lowest BCUT2D eigenvalue weighted by Gasteiger charge is -2.24. The second kappa shape index (κ2) is 12.7. The summed E-state index contributed by atoms with van der Waals surface area (Å²) in [6.07, 6.45) is 0.468. The summed E-state index contributed by atoms with van der Waals surface area (Å²) in [5.41, 5.74) is 11.1. The number of nitrogens with zero attached hydrogens (tertiary/aromatic N) is 1. The quantitative estimate of drug-likeness (QED) is 0.262. The number of rotatable bonds is 7. The molecule has 27 heavy (non-hydrogen) atoms. The number of hydrazine groups is 2. The van der Waals surface area contributed by atoms with Crippen LogP contribution in [0.4, 0.5) is 5.69 Å². The Bertz CT molecular complexity index is 607. The van der Waals surface area contributed by atoms with Crippen LogP contribution in [0, 0.1) is 0 Å². The minimum atomic E-state index is -0.209. The van der Waals surface area contributed by atoms with Gasteiger partial charge in [0.1, 0.15) is 0 Å². The molecule has 0 aliphatic carbocycles. The average Bonchev–Trinajstić information content (AvgIpc) is 2.70. The molecule has 0 bridgehead atoms. The van der Waals surface area contributed by atoms with Crippen LogP contribution in [-0.4, -0.2) is 49.2 Å². The SMILES string of the molecule is CNC(=S)NNC(=O)CCN(CCC(=O)NNC(=S)NC)c1ccccc1. The van der Waals surface area contributed by atoms with Crippen LogP contribution >= 0.6 is 24.4 Å². The second-order valence-electron chi connectivity index (χ2n) is 5.33.